The van der Waals surface area contributed by atoms with Crippen LogP contribution >= 0.6 is 0 Å². The fourth-order valence-corrected chi connectivity index (χ4v) is 9.39. The topological polar surface area (TPSA) is 93.3 Å². The number of rotatable bonds is 6. The molecule has 9 heteroatoms. The predicted molar refractivity (Wildman–Crippen MR) is 159 cm³/mol. The van der Waals surface area contributed by atoms with Gasteiger partial charge in [-0.1, -0.05) is 30.3 Å². The summed E-state index contributed by atoms with van der Waals surface area (Å²) in [5, 5.41) is 4.07. The number of nitrogens with zero attached hydrogens (tertiary/aromatic N) is 4. The van der Waals surface area contributed by atoms with E-state index >= 15 is 0 Å². The first-order chi connectivity index (χ1) is 20.8. The monoisotopic (exact) mass is 581 g/mol. The van der Waals surface area contributed by atoms with Gasteiger partial charge in [0, 0.05) is 45.7 Å². The maximum atomic E-state index is 13.2. The summed E-state index contributed by atoms with van der Waals surface area (Å²) in [5.41, 5.74) is 5.00. The van der Waals surface area contributed by atoms with E-state index in [4.69, 9.17) is 0 Å². The van der Waals surface area contributed by atoms with Gasteiger partial charge in [0.1, 0.15) is 0 Å². The van der Waals surface area contributed by atoms with Crippen LogP contribution in [0.5, 0.6) is 0 Å². The fourth-order valence-electron chi connectivity index (χ4n) is 9.39. The average molecular weight is 582 g/mol. The lowest BCUT2D eigenvalue weighted by Gasteiger charge is -2.57. The van der Waals surface area contributed by atoms with E-state index in [2.05, 4.69) is 39.4 Å². The van der Waals surface area contributed by atoms with E-state index in [1.54, 1.807) is 17.7 Å². The zero-order valence-electron chi connectivity index (χ0n) is 24.6. The second-order valence-electron chi connectivity index (χ2n) is 14.0. The number of carbonyl (C=O) groups excluding carboxylic acids is 4. The molecular weight excluding hydrogens is 542 g/mol. The van der Waals surface area contributed by atoms with Crippen molar-refractivity contribution in [3.05, 3.63) is 70.3 Å². The molecule has 224 valence electrons. The molecule has 0 radical (unpaired) electrons. The number of benzene rings is 2. The quantitative estimate of drug-likeness (QED) is 0.520. The van der Waals surface area contributed by atoms with Gasteiger partial charge in [-0.15, -0.1) is 0 Å². The van der Waals surface area contributed by atoms with E-state index in [1.165, 1.54) is 44.1 Å². The summed E-state index contributed by atoms with van der Waals surface area (Å²) < 4.78 is 0. The molecule has 5 amide bonds. The molecule has 0 atom stereocenters. The standard InChI is InChI=1S/C34H39N5O4/c40-30-7-8-38(33(43)35-30)39-31(41)28-6-3-23(16-29(28)32(39)42)21-37-11-9-36(10-12-37)20-22-1-4-27(5-2-22)34-17-24-13-25(18-34)15-26(14-24)19-34/h1-6,16,24-26H,7-15,17-21H2,(H,35,40,43). The van der Waals surface area contributed by atoms with E-state index in [9.17, 15) is 19.2 Å². The van der Waals surface area contributed by atoms with Gasteiger partial charge in [0.2, 0.25) is 5.91 Å². The SMILES string of the molecule is O=C1CCN(N2C(=O)c3ccc(CN4CCN(Cc5ccc(C67CC8CC(CC(C8)C6)C7)cc5)CC4)cc3C2=O)C(=O)N1. The highest BCUT2D eigenvalue weighted by molar-refractivity contribution is 6.22. The van der Waals surface area contributed by atoms with Crippen molar-refractivity contribution >= 4 is 23.8 Å². The maximum absolute atomic E-state index is 13.2. The van der Waals surface area contributed by atoms with Crippen molar-refractivity contribution in [3.8, 4) is 0 Å². The number of imide groups is 2. The highest BCUT2D eigenvalue weighted by Crippen LogP contribution is 2.60. The Balaban J connectivity index is 0.863. The summed E-state index contributed by atoms with van der Waals surface area (Å²) in [5.74, 6) is 1.43. The predicted octanol–water partition coefficient (Wildman–Crippen LogP) is 3.93. The molecule has 43 heavy (non-hydrogen) atoms. The molecule has 9 rings (SSSR count). The largest absolute Gasteiger partial charge is 0.343 e. The van der Waals surface area contributed by atoms with Crippen molar-refractivity contribution in [2.24, 2.45) is 17.8 Å². The maximum Gasteiger partial charge on any atom is 0.343 e. The first-order valence-electron chi connectivity index (χ1n) is 16.0. The number of hydrazine groups is 1. The molecule has 4 bridgehead atoms. The van der Waals surface area contributed by atoms with Crippen molar-refractivity contribution < 1.29 is 19.2 Å². The smallest absolute Gasteiger partial charge is 0.297 e. The molecule has 0 unspecified atom stereocenters. The van der Waals surface area contributed by atoms with Crippen LogP contribution in [0.15, 0.2) is 42.5 Å². The number of amides is 5. The van der Waals surface area contributed by atoms with Gasteiger partial charge in [0.15, 0.2) is 0 Å². The minimum atomic E-state index is -0.748. The number of nitrogens with one attached hydrogen (secondary N) is 1. The minimum absolute atomic E-state index is 0.000544. The summed E-state index contributed by atoms with van der Waals surface area (Å²) in [4.78, 5) is 54.8. The third-order valence-corrected chi connectivity index (χ3v) is 11.1. The lowest BCUT2D eigenvalue weighted by molar-refractivity contribution is -0.122. The Morgan fingerprint density at radius 3 is 1.84 bits per heavy atom. The average Bonchev–Trinajstić information content (AvgIpc) is 3.22. The van der Waals surface area contributed by atoms with E-state index in [1.807, 2.05) is 6.07 Å². The lowest BCUT2D eigenvalue weighted by atomic mass is 9.48. The van der Waals surface area contributed by atoms with Crippen LogP contribution in [0.4, 0.5) is 4.79 Å². The Morgan fingerprint density at radius 1 is 0.674 bits per heavy atom. The van der Waals surface area contributed by atoms with Gasteiger partial charge < -0.3 is 0 Å². The Hall–Kier alpha value is -3.56. The number of piperazine rings is 1. The van der Waals surface area contributed by atoms with Crippen molar-refractivity contribution in [2.75, 3.05) is 32.7 Å². The van der Waals surface area contributed by atoms with Crippen LogP contribution in [-0.2, 0) is 23.3 Å². The third kappa shape index (κ3) is 4.77. The molecule has 2 saturated heterocycles. The third-order valence-electron chi connectivity index (χ3n) is 11.1. The van der Waals surface area contributed by atoms with Crippen LogP contribution in [0.1, 0.15) is 82.4 Å². The number of hydrogen-bond acceptors (Lipinski definition) is 6. The Labute approximate surface area is 252 Å². The first-order valence-corrected chi connectivity index (χ1v) is 16.0. The summed E-state index contributed by atoms with van der Waals surface area (Å²) >= 11 is 0. The van der Waals surface area contributed by atoms with E-state index in [-0.39, 0.29) is 18.5 Å². The number of carbonyl (C=O) groups is 4. The zero-order valence-corrected chi connectivity index (χ0v) is 24.6. The molecule has 3 heterocycles. The van der Waals surface area contributed by atoms with Gasteiger partial charge in [-0.3, -0.25) is 29.5 Å². The van der Waals surface area contributed by atoms with Crippen LogP contribution < -0.4 is 5.32 Å². The molecule has 1 N–H and O–H groups in total. The fraction of sp³-hybridized carbons (Fsp3) is 0.529. The number of hydrogen-bond donors (Lipinski definition) is 1. The Morgan fingerprint density at radius 2 is 1.23 bits per heavy atom. The van der Waals surface area contributed by atoms with Crippen molar-refractivity contribution in [2.45, 2.75) is 63.5 Å². The Bertz CT molecular complexity index is 1460. The van der Waals surface area contributed by atoms with Crippen molar-refractivity contribution in [3.63, 3.8) is 0 Å². The highest BCUT2D eigenvalue weighted by atomic mass is 16.2. The Kier molecular flexibility index (Phi) is 6.45. The molecule has 9 nitrogen and oxygen atoms in total. The number of fused-ring (bicyclic) bond motifs is 1. The number of urea groups is 1. The van der Waals surface area contributed by atoms with E-state index in [0.717, 1.165) is 66.1 Å². The molecule has 2 aromatic rings. The van der Waals surface area contributed by atoms with Gasteiger partial charge >= 0.3 is 6.03 Å². The molecular formula is C34H39N5O4. The minimum Gasteiger partial charge on any atom is -0.297 e. The molecule has 2 aromatic carbocycles. The van der Waals surface area contributed by atoms with E-state index < -0.39 is 23.8 Å². The molecule has 3 aliphatic heterocycles. The normalized spacial score (nSPS) is 30.7. The van der Waals surface area contributed by atoms with Gasteiger partial charge in [0.05, 0.1) is 17.7 Å². The van der Waals surface area contributed by atoms with Crippen LogP contribution in [-0.4, -0.2) is 76.3 Å². The molecule has 4 saturated carbocycles. The summed E-state index contributed by atoms with van der Waals surface area (Å²) in [6.45, 7) is 5.49. The summed E-state index contributed by atoms with van der Waals surface area (Å²) in [6, 6.07) is 14.2. The second-order valence-corrected chi connectivity index (χ2v) is 14.0. The molecule has 0 aromatic heterocycles. The van der Waals surface area contributed by atoms with Gasteiger partial charge in [-0.25, -0.2) is 9.80 Å². The molecule has 7 aliphatic rings. The first kappa shape index (κ1) is 27.0. The van der Waals surface area contributed by atoms with Crippen LogP contribution in [0.2, 0.25) is 0 Å². The van der Waals surface area contributed by atoms with Crippen LogP contribution in [0, 0.1) is 17.8 Å². The lowest BCUT2D eigenvalue weighted by Crippen LogP contribution is -2.58. The molecule has 0 spiro atoms. The van der Waals surface area contributed by atoms with Gasteiger partial charge in [0.25, 0.3) is 11.8 Å². The second kappa shape index (κ2) is 10.3. The highest BCUT2D eigenvalue weighted by Gasteiger charge is 2.51. The molecule has 6 fully saturated rings. The van der Waals surface area contributed by atoms with E-state index in [0.29, 0.717) is 17.5 Å². The summed E-state index contributed by atoms with van der Waals surface area (Å²) in [7, 11) is 0. The zero-order chi connectivity index (χ0) is 29.3. The van der Waals surface area contributed by atoms with Gasteiger partial charge in [-0.2, -0.15) is 5.01 Å². The van der Waals surface area contributed by atoms with Crippen LogP contribution in [0.3, 0.4) is 0 Å². The van der Waals surface area contributed by atoms with Crippen molar-refractivity contribution in [1.29, 1.82) is 0 Å². The van der Waals surface area contributed by atoms with Crippen LogP contribution in [0.25, 0.3) is 0 Å². The van der Waals surface area contributed by atoms with Gasteiger partial charge in [-0.05, 0) is 90.5 Å². The van der Waals surface area contributed by atoms with Crippen molar-refractivity contribution in [1.82, 2.24) is 25.1 Å². The summed E-state index contributed by atoms with van der Waals surface area (Å²) in [6.07, 6.45) is 8.71. The molecule has 4 aliphatic carbocycles.